The van der Waals surface area contributed by atoms with Gasteiger partial charge in [0, 0.05) is 23.0 Å². The lowest BCUT2D eigenvalue weighted by molar-refractivity contribution is 0.0954. The molecule has 2 nitrogen and oxygen atoms in total. The van der Waals surface area contributed by atoms with E-state index in [0.29, 0.717) is 18.5 Å². The summed E-state index contributed by atoms with van der Waals surface area (Å²) in [5.74, 6) is 5.66. The second kappa shape index (κ2) is 6.34. The van der Waals surface area contributed by atoms with E-state index >= 15 is 0 Å². The third-order valence-corrected chi connectivity index (χ3v) is 2.65. The second-order valence-electron chi connectivity index (χ2n) is 3.39. The van der Waals surface area contributed by atoms with E-state index in [1.54, 1.807) is 6.92 Å². The molecule has 0 aliphatic carbocycles. The molecule has 0 atom stereocenters. The number of hydrogen-bond acceptors (Lipinski definition) is 1. The van der Waals surface area contributed by atoms with Crippen molar-refractivity contribution >= 4 is 21.8 Å². The highest BCUT2D eigenvalue weighted by molar-refractivity contribution is 9.10. The Balaban J connectivity index is 2.64. The molecule has 0 aliphatic heterocycles. The SMILES string of the molecule is CC#CCCNC(=O)c1cc(Br)ccc1C. The maximum atomic E-state index is 11.8. The number of hydrogen-bond donors (Lipinski definition) is 1. The lowest BCUT2D eigenvalue weighted by Crippen LogP contribution is -2.24. The molecule has 0 spiro atoms. The van der Waals surface area contributed by atoms with Gasteiger partial charge in [0.2, 0.25) is 0 Å². The van der Waals surface area contributed by atoms with Gasteiger partial charge in [-0.15, -0.1) is 11.8 Å². The van der Waals surface area contributed by atoms with Crippen LogP contribution in [0, 0.1) is 18.8 Å². The Morgan fingerprint density at radius 3 is 2.94 bits per heavy atom. The van der Waals surface area contributed by atoms with Crippen LogP contribution in [-0.2, 0) is 0 Å². The van der Waals surface area contributed by atoms with Crippen LogP contribution in [-0.4, -0.2) is 12.5 Å². The summed E-state index contributed by atoms with van der Waals surface area (Å²) in [6.45, 7) is 4.30. The summed E-state index contributed by atoms with van der Waals surface area (Å²) in [6.07, 6.45) is 0.690. The molecule has 0 unspecified atom stereocenters. The molecule has 1 N–H and O–H groups in total. The number of rotatable bonds is 3. The van der Waals surface area contributed by atoms with Gasteiger partial charge in [-0.1, -0.05) is 22.0 Å². The summed E-state index contributed by atoms with van der Waals surface area (Å²) >= 11 is 3.36. The molecule has 0 radical (unpaired) electrons. The van der Waals surface area contributed by atoms with Crippen molar-refractivity contribution in [3.8, 4) is 11.8 Å². The van der Waals surface area contributed by atoms with Crippen molar-refractivity contribution in [1.29, 1.82) is 0 Å². The van der Waals surface area contributed by atoms with E-state index in [2.05, 4.69) is 33.1 Å². The number of benzene rings is 1. The zero-order chi connectivity index (χ0) is 12.0. The molecule has 1 amide bonds. The summed E-state index contributed by atoms with van der Waals surface area (Å²) in [7, 11) is 0. The van der Waals surface area contributed by atoms with Crippen molar-refractivity contribution in [2.75, 3.05) is 6.54 Å². The van der Waals surface area contributed by atoms with Crippen molar-refractivity contribution in [2.45, 2.75) is 20.3 Å². The molecular weight excluding hydrogens is 266 g/mol. The minimum Gasteiger partial charge on any atom is -0.351 e. The van der Waals surface area contributed by atoms with Crippen molar-refractivity contribution in [3.05, 3.63) is 33.8 Å². The number of carbonyl (C=O) groups excluding carboxylic acids is 1. The first-order chi connectivity index (χ1) is 7.65. The lowest BCUT2D eigenvalue weighted by atomic mass is 10.1. The standard InChI is InChI=1S/C13H14BrNO/c1-3-4-5-8-15-13(16)12-9-11(14)7-6-10(12)2/h6-7,9H,5,8H2,1-2H3,(H,15,16). The van der Waals surface area contributed by atoms with E-state index in [0.717, 1.165) is 10.0 Å². The number of aryl methyl sites for hydroxylation is 1. The third-order valence-electron chi connectivity index (χ3n) is 2.16. The predicted octanol–water partition coefficient (Wildman–Crippen LogP) is 2.90. The van der Waals surface area contributed by atoms with Crippen LogP contribution in [0.4, 0.5) is 0 Å². The van der Waals surface area contributed by atoms with E-state index in [1.165, 1.54) is 0 Å². The van der Waals surface area contributed by atoms with Gasteiger partial charge in [-0.2, -0.15) is 0 Å². The minimum atomic E-state index is -0.0447. The predicted molar refractivity (Wildman–Crippen MR) is 69.3 cm³/mol. The first kappa shape index (κ1) is 12.8. The Bertz CT molecular complexity index is 443. The van der Waals surface area contributed by atoms with Gasteiger partial charge >= 0.3 is 0 Å². The third kappa shape index (κ3) is 3.71. The zero-order valence-electron chi connectivity index (χ0n) is 9.43. The van der Waals surface area contributed by atoms with Crippen LogP contribution in [0.15, 0.2) is 22.7 Å². The van der Waals surface area contributed by atoms with Gasteiger partial charge < -0.3 is 5.32 Å². The number of halogens is 1. The van der Waals surface area contributed by atoms with Crippen molar-refractivity contribution in [1.82, 2.24) is 5.32 Å². The lowest BCUT2D eigenvalue weighted by Gasteiger charge is -2.06. The topological polar surface area (TPSA) is 29.1 Å². The Labute approximate surface area is 105 Å². The number of nitrogens with one attached hydrogen (secondary N) is 1. The van der Waals surface area contributed by atoms with E-state index in [9.17, 15) is 4.79 Å². The molecule has 1 aromatic rings. The smallest absolute Gasteiger partial charge is 0.251 e. The monoisotopic (exact) mass is 279 g/mol. The molecule has 84 valence electrons. The highest BCUT2D eigenvalue weighted by atomic mass is 79.9. The summed E-state index contributed by atoms with van der Waals surface area (Å²) in [6, 6.07) is 5.68. The fourth-order valence-corrected chi connectivity index (χ4v) is 1.66. The maximum absolute atomic E-state index is 11.8. The van der Waals surface area contributed by atoms with Gasteiger partial charge in [-0.05, 0) is 31.5 Å². The van der Waals surface area contributed by atoms with Crippen molar-refractivity contribution in [3.63, 3.8) is 0 Å². The van der Waals surface area contributed by atoms with Gasteiger partial charge in [-0.25, -0.2) is 0 Å². The van der Waals surface area contributed by atoms with Crippen LogP contribution >= 0.6 is 15.9 Å². The molecule has 3 heteroatoms. The maximum Gasteiger partial charge on any atom is 0.251 e. The van der Waals surface area contributed by atoms with Crippen LogP contribution in [0.25, 0.3) is 0 Å². The van der Waals surface area contributed by atoms with Crippen LogP contribution < -0.4 is 5.32 Å². The van der Waals surface area contributed by atoms with Gasteiger partial charge in [0.15, 0.2) is 0 Å². The van der Waals surface area contributed by atoms with Crippen molar-refractivity contribution < 1.29 is 4.79 Å². The molecule has 0 bridgehead atoms. The Morgan fingerprint density at radius 2 is 2.25 bits per heavy atom. The van der Waals surface area contributed by atoms with Crippen LogP contribution in [0.5, 0.6) is 0 Å². The van der Waals surface area contributed by atoms with Crippen LogP contribution in [0.2, 0.25) is 0 Å². The van der Waals surface area contributed by atoms with Crippen molar-refractivity contribution in [2.24, 2.45) is 0 Å². The average molecular weight is 280 g/mol. The molecule has 0 aromatic heterocycles. The molecule has 0 fully saturated rings. The van der Waals surface area contributed by atoms with E-state index in [4.69, 9.17) is 0 Å². The van der Waals surface area contributed by atoms with E-state index < -0.39 is 0 Å². The Morgan fingerprint density at radius 1 is 1.50 bits per heavy atom. The van der Waals surface area contributed by atoms with Gasteiger partial charge in [0.25, 0.3) is 5.91 Å². The fourth-order valence-electron chi connectivity index (χ4n) is 1.30. The first-order valence-electron chi connectivity index (χ1n) is 5.09. The largest absolute Gasteiger partial charge is 0.351 e. The molecular formula is C13H14BrNO. The fraction of sp³-hybridized carbons (Fsp3) is 0.308. The highest BCUT2D eigenvalue weighted by Gasteiger charge is 2.08. The van der Waals surface area contributed by atoms with Gasteiger partial charge in [0.05, 0.1) is 0 Å². The normalized spacial score (nSPS) is 9.19. The molecule has 1 rings (SSSR count). The number of carbonyl (C=O) groups is 1. The summed E-state index contributed by atoms with van der Waals surface area (Å²) in [4.78, 5) is 11.8. The van der Waals surface area contributed by atoms with Crippen LogP contribution in [0.3, 0.4) is 0 Å². The van der Waals surface area contributed by atoms with Gasteiger partial charge in [-0.3, -0.25) is 4.79 Å². The molecule has 0 heterocycles. The number of amides is 1. The quantitative estimate of drug-likeness (QED) is 0.669. The summed E-state index contributed by atoms with van der Waals surface area (Å²) < 4.78 is 0.914. The molecule has 1 aromatic carbocycles. The minimum absolute atomic E-state index is 0.0447. The van der Waals surface area contributed by atoms with Gasteiger partial charge in [0.1, 0.15) is 0 Å². The van der Waals surface area contributed by atoms with E-state index in [1.807, 2.05) is 25.1 Å². The average Bonchev–Trinajstić information content (AvgIpc) is 2.27. The molecule has 0 aliphatic rings. The molecule has 0 saturated heterocycles. The second-order valence-corrected chi connectivity index (χ2v) is 4.31. The summed E-state index contributed by atoms with van der Waals surface area (Å²) in [5, 5.41) is 2.84. The highest BCUT2D eigenvalue weighted by Crippen LogP contribution is 2.15. The Kier molecular flexibility index (Phi) is 5.07. The molecule has 0 saturated carbocycles. The van der Waals surface area contributed by atoms with Crippen LogP contribution in [0.1, 0.15) is 29.3 Å². The zero-order valence-corrected chi connectivity index (χ0v) is 11.0. The Hall–Kier alpha value is -1.27. The summed E-state index contributed by atoms with van der Waals surface area (Å²) in [5.41, 5.74) is 1.68. The molecule has 16 heavy (non-hydrogen) atoms. The first-order valence-corrected chi connectivity index (χ1v) is 5.88. The van der Waals surface area contributed by atoms with E-state index in [-0.39, 0.29) is 5.91 Å².